The smallest absolute Gasteiger partial charge is 0.112 e. The van der Waals surface area contributed by atoms with Crippen molar-refractivity contribution in [3.05, 3.63) is 0 Å². The molecule has 0 amide bonds. The molecule has 2 rings (SSSR count). The summed E-state index contributed by atoms with van der Waals surface area (Å²) in [5, 5.41) is 3.61. The lowest BCUT2D eigenvalue weighted by Gasteiger charge is -2.26. The third kappa shape index (κ3) is 2.18. The average Bonchev–Trinajstić information content (AvgIpc) is 2.40. The molecule has 0 bridgehead atoms. The Hall–Kier alpha value is 0.230. The van der Waals surface area contributed by atoms with E-state index in [9.17, 15) is 0 Å². The number of hydrogen-bond acceptors (Lipinski definition) is 4. The van der Waals surface area contributed by atoms with Crippen LogP contribution in [0.1, 0.15) is 13.3 Å². The van der Waals surface area contributed by atoms with Crippen molar-refractivity contribution < 1.29 is 9.47 Å². The van der Waals surface area contributed by atoms with Gasteiger partial charge in [0, 0.05) is 11.8 Å². The molecule has 3 nitrogen and oxygen atoms in total. The molecule has 0 aromatic carbocycles. The summed E-state index contributed by atoms with van der Waals surface area (Å²) in [7, 11) is 0. The van der Waals surface area contributed by atoms with Crippen LogP contribution in [0.15, 0.2) is 0 Å². The highest BCUT2D eigenvalue weighted by atomic mass is 32.2. The molecule has 2 aliphatic rings. The van der Waals surface area contributed by atoms with Gasteiger partial charge in [-0.1, -0.05) is 6.92 Å². The topological polar surface area (TPSA) is 30.5 Å². The van der Waals surface area contributed by atoms with Gasteiger partial charge in [0.25, 0.3) is 0 Å². The molecular formula is C9H17NO2S. The Bertz CT molecular complexity index is 169. The number of rotatable bonds is 1. The van der Waals surface area contributed by atoms with E-state index in [2.05, 4.69) is 12.2 Å². The molecule has 1 unspecified atom stereocenters. The Morgan fingerprint density at radius 2 is 2.08 bits per heavy atom. The van der Waals surface area contributed by atoms with Crippen molar-refractivity contribution in [2.75, 3.05) is 32.2 Å². The van der Waals surface area contributed by atoms with Crippen LogP contribution in [0.5, 0.6) is 0 Å². The monoisotopic (exact) mass is 203 g/mol. The fraction of sp³-hybridized carbons (Fsp3) is 1.00. The van der Waals surface area contributed by atoms with Gasteiger partial charge in [0.15, 0.2) is 0 Å². The van der Waals surface area contributed by atoms with E-state index >= 15 is 0 Å². The maximum Gasteiger partial charge on any atom is 0.112 e. The van der Waals surface area contributed by atoms with Gasteiger partial charge < -0.3 is 9.47 Å². The van der Waals surface area contributed by atoms with E-state index in [4.69, 9.17) is 9.47 Å². The van der Waals surface area contributed by atoms with Crippen LogP contribution in [0.4, 0.5) is 0 Å². The molecule has 1 N–H and O–H groups in total. The second-order valence-electron chi connectivity index (χ2n) is 3.66. The lowest BCUT2D eigenvalue weighted by molar-refractivity contribution is 0.103. The van der Waals surface area contributed by atoms with E-state index in [0.717, 1.165) is 26.4 Å². The largest absolute Gasteiger partial charge is 0.376 e. The number of thioether (sulfide) groups is 1. The average molecular weight is 203 g/mol. The Kier molecular flexibility index (Phi) is 3.14. The third-order valence-electron chi connectivity index (χ3n) is 2.56. The lowest BCUT2D eigenvalue weighted by Crippen LogP contribution is -2.47. The van der Waals surface area contributed by atoms with Gasteiger partial charge in [0.2, 0.25) is 0 Å². The molecule has 0 radical (unpaired) electrons. The second-order valence-corrected chi connectivity index (χ2v) is 5.06. The van der Waals surface area contributed by atoms with E-state index in [1.54, 1.807) is 0 Å². The first-order valence-electron chi connectivity index (χ1n) is 4.92. The maximum atomic E-state index is 5.52. The van der Waals surface area contributed by atoms with Gasteiger partial charge in [-0.05, 0) is 6.42 Å². The molecular weight excluding hydrogens is 186 g/mol. The molecule has 2 fully saturated rings. The van der Waals surface area contributed by atoms with Crippen LogP contribution in [0.25, 0.3) is 0 Å². The Labute approximate surface area is 83.5 Å². The lowest BCUT2D eigenvalue weighted by atomic mass is 10.2. The number of nitrogens with one attached hydrogen (secondary N) is 1. The molecule has 0 saturated carbocycles. The van der Waals surface area contributed by atoms with Crippen LogP contribution in [-0.4, -0.2) is 43.1 Å². The van der Waals surface area contributed by atoms with Crippen LogP contribution in [0, 0.1) is 0 Å². The normalized spacial score (nSPS) is 33.5. The first-order valence-corrected chi connectivity index (χ1v) is 5.90. The third-order valence-corrected chi connectivity index (χ3v) is 4.04. The molecule has 2 saturated heterocycles. The summed E-state index contributed by atoms with van der Waals surface area (Å²) in [5.74, 6) is 1.18. The van der Waals surface area contributed by atoms with Crippen LogP contribution in [0.2, 0.25) is 0 Å². The van der Waals surface area contributed by atoms with Gasteiger partial charge in [-0.25, -0.2) is 0 Å². The molecule has 76 valence electrons. The quantitative estimate of drug-likeness (QED) is 0.684. The molecule has 2 aliphatic heterocycles. The fourth-order valence-electron chi connectivity index (χ4n) is 1.74. The zero-order valence-electron chi connectivity index (χ0n) is 8.04. The molecule has 1 atom stereocenters. The zero-order chi connectivity index (χ0) is 9.15. The highest BCUT2D eigenvalue weighted by Crippen LogP contribution is 2.32. The molecule has 0 aromatic rings. The van der Waals surface area contributed by atoms with Crippen LogP contribution >= 0.6 is 11.8 Å². The highest BCUT2D eigenvalue weighted by molar-refractivity contribution is 8.01. The van der Waals surface area contributed by atoms with Gasteiger partial charge in [-0.15, -0.1) is 11.8 Å². The number of hydrogen-bond donors (Lipinski definition) is 1. The standard InChI is InChI=1S/C9H17NO2S/c1-2-8-5-13-9(10-8)6-11-3-4-12-7-9/h8,10H,2-7H2,1H3. The van der Waals surface area contributed by atoms with Crippen molar-refractivity contribution in [3.63, 3.8) is 0 Å². The Morgan fingerprint density at radius 1 is 1.38 bits per heavy atom. The van der Waals surface area contributed by atoms with Gasteiger partial charge in [0.05, 0.1) is 26.4 Å². The summed E-state index contributed by atoms with van der Waals surface area (Å²) in [5.41, 5.74) is 0. The number of ether oxygens (including phenoxy) is 2. The molecule has 13 heavy (non-hydrogen) atoms. The maximum absolute atomic E-state index is 5.52. The molecule has 1 spiro atoms. The van der Waals surface area contributed by atoms with Gasteiger partial charge >= 0.3 is 0 Å². The zero-order valence-corrected chi connectivity index (χ0v) is 8.86. The van der Waals surface area contributed by atoms with Crippen molar-refractivity contribution in [3.8, 4) is 0 Å². The van der Waals surface area contributed by atoms with Crippen LogP contribution in [-0.2, 0) is 9.47 Å². The first kappa shape index (κ1) is 9.77. The molecule has 4 heteroatoms. The molecule has 0 aliphatic carbocycles. The van der Waals surface area contributed by atoms with Crippen molar-refractivity contribution in [2.24, 2.45) is 0 Å². The Balaban J connectivity index is 1.95. The molecule has 0 aromatic heterocycles. The highest BCUT2D eigenvalue weighted by Gasteiger charge is 2.40. The van der Waals surface area contributed by atoms with Crippen molar-refractivity contribution >= 4 is 11.8 Å². The van der Waals surface area contributed by atoms with Gasteiger partial charge in [-0.2, -0.15) is 0 Å². The van der Waals surface area contributed by atoms with Crippen LogP contribution < -0.4 is 5.32 Å². The van der Waals surface area contributed by atoms with Crippen molar-refractivity contribution in [1.29, 1.82) is 0 Å². The summed E-state index contributed by atoms with van der Waals surface area (Å²) in [6.45, 7) is 5.26. The predicted molar refractivity (Wildman–Crippen MR) is 54.0 cm³/mol. The summed E-state index contributed by atoms with van der Waals surface area (Å²) in [6.07, 6.45) is 1.19. The summed E-state index contributed by atoms with van der Waals surface area (Å²) >= 11 is 1.95. The van der Waals surface area contributed by atoms with Crippen molar-refractivity contribution in [2.45, 2.75) is 24.3 Å². The van der Waals surface area contributed by atoms with E-state index in [0.29, 0.717) is 6.04 Å². The minimum atomic E-state index is 0.0528. The van der Waals surface area contributed by atoms with Gasteiger partial charge in [0.1, 0.15) is 4.87 Å². The second kappa shape index (κ2) is 4.17. The minimum Gasteiger partial charge on any atom is -0.376 e. The summed E-state index contributed by atoms with van der Waals surface area (Å²) in [6, 6.07) is 0.635. The summed E-state index contributed by atoms with van der Waals surface area (Å²) < 4.78 is 11.0. The van der Waals surface area contributed by atoms with Crippen molar-refractivity contribution in [1.82, 2.24) is 5.32 Å². The van der Waals surface area contributed by atoms with E-state index in [1.165, 1.54) is 12.2 Å². The molecule has 2 heterocycles. The van der Waals surface area contributed by atoms with Crippen LogP contribution in [0.3, 0.4) is 0 Å². The minimum absolute atomic E-state index is 0.0528. The summed E-state index contributed by atoms with van der Waals surface area (Å²) in [4.78, 5) is 0.0528. The fourth-order valence-corrected chi connectivity index (χ4v) is 3.16. The van der Waals surface area contributed by atoms with E-state index < -0.39 is 0 Å². The van der Waals surface area contributed by atoms with Gasteiger partial charge in [-0.3, -0.25) is 5.32 Å². The first-order chi connectivity index (χ1) is 6.35. The SMILES string of the molecule is CCC1CSC2(COCCOC2)N1. The predicted octanol–water partition coefficient (Wildman–Crippen LogP) is 0.845. The Morgan fingerprint density at radius 3 is 2.62 bits per heavy atom. The van der Waals surface area contributed by atoms with E-state index in [1.807, 2.05) is 11.8 Å². The van der Waals surface area contributed by atoms with E-state index in [-0.39, 0.29) is 4.87 Å².